The highest BCUT2D eigenvalue weighted by atomic mass is 16.4. The molecule has 1 aliphatic carbocycles. The third-order valence-electron chi connectivity index (χ3n) is 2.70. The minimum absolute atomic E-state index is 0.116. The number of hydrogen-bond acceptors (Lipinski definition) is 4. The van der Waals surface area contributed by atoms with E-state index in [1.807, 2.05) is 0 Å². The summed E-state index contributed by atoms with van der Waals surface area (Å²) in [6, 6.07) is -1.28. The number of nitrogens with two attached hydrogens (primary N) is 1. The van der Waals surface area contributed by atoms with Crippen molar-refractivity contribution in [1.29, 1.82) is 0 Å². The van der Waals surface area contributed by atoms with Crippen molar-refractivity contribution in [2.24, 2.45) is 11.7 Å². The monoisotopic (exact) mass is 216 g/mol. The lowest BCUT2D eigenvalue weighted by molar-refractivity contribution is -0.143. The van der Waals surface area contributed by atoms with Crippen molar-refractivity contribution in [1.82, 2.24) is 5.32 Å². The Morgan fingerprint density at radius 3 is 2.47 bits per heavy atom. The van der Waals surface area contributed by atoms with Crippen LogP contribution in [-0.2, 0) is 9.59 Å². The van der Waals surface area contributed by atoms with E-state index in [1.54, 1.807) is 6.92 Å². The molecule has 0 heterocycles. The Kier molecular flexibility index (Phi) is 3.31. The minimum Gasteiger partial charge on any atom is -0.480 e. The van der Waals surface area contributed by atoms with Crippen molar-refractivity contribution < 1.29 is 19.8 Å². The summed E-state index contributed by atoms with van der Waals surface area (Å²) < 4.78 is 0. The predicted octanol–water partition coefficient (Wildman–Crippen LogP) is -1.32. The minimum atomic E-state index is -1.28. The molecular weight excluding hydrogens is 200 g/mol. The third-order valence-corrected chi connectivity index (χ3v) is 2.70. The van der Waals surface area contributed by atoms with E-state index >= 15 is 0 Å². The van der Waals surface area contributed by atoms with Crippen LogP contribution in [0.15, 0.2) is 0 Å². The molecular formula is C9H16N2O4. The summed E-state index contributed by atoms with van der Waals surface area (Å²) in [6.45, 7) is 0.943. The molecule has 5 N–H and O–H groups in total. The number of amides is 1. The number of nitrogens with one attached hydrogen (secondary N) is 1. The number of hydrogen-bond donors (Lipinski definition) is 4. The predicted molar refractivity (Wildman–Crippen MR) is 52.0 cm³/mol. The maximum atomic E-state index is 11.6. The average Bonchev–Trinajstić information content (AvgIpc) is 2.95. The van der Waals surface area contributed by atoms with Crippen LogP contribution >= 0.6 is 0 Å². The molecule has 1 aliphatic rings. The molecule has 0 aromatic carbocycles. The van der Waals surface area contributed by atoms with Gasteiger partial charge < -0.3 is 21.3 Å². The van der Waals surface area contributed by atoms with E-state index in [2.05, 4.69) is 5.32 Å². The highest BCUT2D eigenvalue weighted by molar-refractivity contribution is 5.90. The number of aliphatic hydroxyl groups is 1. The van der Waals surface area contributed by atoms with Crippen LogP contribution in [0.4, 0.5) is 0 Å². The molecule has 0 aliphatic heterocycles. The van der Waals surface area contributed by atoms with Gasteiger partial charge in [0, 0.05) is 0 Å². The Balaban J connectivity index is 2.57. The van der Waals surface area contributed by atoms with Crippen LogP contribution in [0.1, 0.15) is 19.8 Å². The molecule has 15 heavy (non-hydrogen) atoms. The molecule has 0 radical (unpaired) electrons. The zero-order valence-corrected chi connectivity index (χ0v) is 8.56. The van der Waals surface area contributed by atoms with Gasteiger partial charge in [-0.15, -0.1) is 0 Å². The van der Waals surface area contributed by atoms with Crippen molar-refractivity contribution in [3.63, 3.8) is 0 Å². The number of aliphatic carboxylic acids is 1. The van der Waals surface area contributed by atoms with E-state index in [-0.39, 0.29) is 5.92 Å². The first-order valence-electron chi connectivity index (χ1n) is 4.83. The molecule has 1 rings (SSSR count). The first-order chi connectivity index (χ1) is 6.89. The molecule has 2 atom stereocenters. The van der Waals surface area contributed by atoms with Crippen LogP contribution in [0.5, 0.6) is 0 Å². The molecule has 6 heteroatoms. The van der Waals surface area contributed by atoms with E-state index in [4.69, 9.17) is 15.9 Å². The number of carboxylic acids is 1. The Morgan fingerprint density at radius 1 is 1.60 bits per heavy atom. The molecule has 1 amide bonds. The molecule has 1 fully saturated rings. The van der Waals surface area contributed by atoms with E-state index in [0.29, 0.717) is 0 Å². The summed E-state index contributed by atoms with van der Waals surface area (Å²) in [6.07, 6.45) is 1.77. The van der Waals surface area contributed by atoms with Crippen molar-refractivity contribution in [2.45, 2.75) is 31.3 Å². The van der Waals surface area contributed by atoms with E-state index in [1.165, 1.54) is 0 Å². The molecule has 0 aromatic heterocycles. The lowest BCUT2D eigenvalue weighted by atomic mass is 9.96. The van der Waals surface area contributed by atoms with Crippen LogP contribution in [0.3, 0.4) is 0 Å². The lowest BCUT2D eigenvalue weighted by Gasteiger charge is -2.24. The van der Waals surface area contributed by atoms with Gasteiger partial charge in [-0.1, -0.05) is 0 Å². The summed E-state index contributed by atoms with van der Waals surface area (Å²) in [5.41, 5.74) is 4.74. The van der Waals surface area contributed by atoms with Crippen molar-refractivity contribution >= 4 is 11.9 Å². The molecule has 0 spiro atoms. The van der Waals surface area contributed by atoms with Crippen LogP contribution in [0, 0.1) is 5.92 Å². The second-order valence-electron chi connectivity index (χ2n) is 4.10. The van der Waals surface area contributed by atoms with Crippen LogP contribution in [-0.4, -0.2) is 40.3 Å². The highest BCUT2D eigenvalue weighted by Crippen LogP contribution is 2.38. The van der Waals surface area contributed by atoms with Gasteiger partial charge in [-0.3, -0.25) is 4.79 Å². The summed E-state index contributed by atoms with van der Waals surface area (Å²) in [5.74, 6) is -1.67. The van der Waals surface area contributed by atoms with Gasteiger partial charge in [0.25, 0.3) is 0 Å². The second kappa shape index (κ2) is 4.16. The number of carboxylic acid groups (broad SMARTS) is 1. The zero-order valence-electron chi connectivity index (χ0n) is 8.56. The Labute approximate surface area is 87.5 Å². The number of aliphatic hydroxyl groups excluding tert-OH is 1. The normalized spacial score (nSPS) is 21.5. The maximum Gasteiger partial charge on any atom is 0.328 e. The lowest BCUT2D eigenvalue weighted by Crippen LogP contribution is -2.57. The highest BCUT2D eigenvalue weighted by Gasteiger charge is 2.44. The summed E-state index contributed by atoms with van der Waals surface area (Å²) >= 11 is 0. The van der Waals surface area contributed by atoms with Gasteiger partial charge in [0.15, 0.2) is 0 Å². The zero-order chi connectivity index (χ0) is 11.6. The smallest absolute Gasteiger partial charge is 0.328 e. The Morgan fingerprint density at radius 2 is 2.13 bits per heavy atom. The first kappa shape index (κ1) is 11.9. The van der Waals surface area contributed by atoms with Crippen LogP contribution < -0.4 is 11.1 Å². The van der Waals surface area contributed by atoms with Crippen molar-refractivity contribution in [2.75, 3.05) is 6.61 Å². The van der Waals surface area contributed by atoms with E-state index in [0.717, 1.165) is 12.8 Å². The number of carbonyl (C=O) groups excluding carboxylic acids is 1. The van der Waals surface area contributed by atoms with Gasteiger partial charge in [-0.25, -0.2) is 4.79 Å². The summed E-state index contributed by atoms with van der Waals surface area (Å²) in [7, 11) is 0. The average molecular weight is 216 g/mol. The second-order valence-corrected chi connectivity index (χ2v) is 4.10. The van der Waals surface area contributed by atoms with Gasteiger partial charge in [0.1, 0.15) is 6.04 Å². The maximum absolute atomic E-state index is 11.6. The molecule has 1 saturated carbocycles. The standard InChI is InChI=1S/C9H16N2O4/c1-9(10,5-2-3-5)8(15)11-6(4-12)7(13)14/h5-6,12H,2-4,10H2,1H3,(H,11,15)(H,13,14). The van der Waals surface area contributed by atoms with Gasteiger partial charge in [0.05, 0.1) is 12.1 Å². The van der Waals surface area contributed by atoms with E-state index in [9.17, 15) is 9.59 Å². The first-order valence-corrected chi connectivity index (χ1v) is 4.83. The summed E-state index contributed by atoms with van der Waals surface area (Å²) in [5, 5.41) is 19.6. The SMILES string of the molecule is CC(N)(C(=O)NC(CO)C(=O)O)C1CC1. The van der Waals surface area contributed by atoms with E-state index < -0.39 is 30.1 Å². The third kappa shape index (κ3) is 2.66. The topological polar surface area (TPSA) is 113 Å². The largest absolute Gasteiger partial charge is 0.480 e. The van der Waals surface area contributed by atoms with Crippen molar-refractivity contribution in [3.05, 3.63) is 0 Å². The molecule has 0 aromatic rings. The van der Waals surface area contributed by atoms with Crippen LogP contribution in [0.25, 0.3) is 0 Å². The van der Waals surface area contributed by atoms with Gasteiger partial charge >= 0.3 is 5.97 Å². The molecule has 86 valence electrons. The molecule has 0 saturated heterocycles. The number of rotatable bonds is 5. The fourth-order valence-electron chi connectivity index (χ4n) is 1.37. The quantitative estimate of drug-likeness (QED) is 0.455. The van der Waals surface area contributed by atoms with Gasteiger partial charge in [-0.2, -0.15) is 0 Å². The Hall–Kier alpha value is -1.14. The summed E-state index contributed by atoms with van der Waals surface area (Å²) in [4.78, 5) is 22.2. The molecule has 2 unspecified atom stereocenters. The molecule has 6 nitrogen and oxygen atoms in total. The fourth-order valence-corrected chi connectivity index (χ4v) is 1.37. The fraction of sp³-hybridized carbons (Fsp3) is 0.778. The van der Waals surface area contributed by atoms with Gasteiger partial charge in [0.2, 0.25) is 5.91 Å². The number of carbonyl (C=O) groups is 2. The molecule has 0 bridgehead atoms. The van der Waals surface area contributed by atoms with Gasteiger partial charge in [-0.05, 0) is 25.7 Å². The Bertz CT molecular complexity index is 273. The van der Waals surface area contributed by atoms with Crippen molar-refractivity contribution in [3.8, 4) is 0 Å². The van der Waals surface area contributed by atoms with Crippen LogP contribution in [0.2, 0.25) is 0 Å².